The van der Waals surface area contributed by atoms with Gasteiger partial charge in [0, 0.05) is 31.5 Å². The molecule has 1 spiro atoms. The lowest BCUT2D eigenvalue weighted by Crippen LogP contribution is -2.35. The second kappa shape index (κ2) is 6.01. The molecule has 2 atom stereocenters. The Hall–Kier alpha value is -0.280. The van der Waals surface area contributed by atoms with Gasteiger partial charge in [0.15, 0.2) is 0 Å². The normalized spacial score (nSPS) is 28.5. The van der Waals surface area contributed by atoms with Gasteiger partial charge in [-0.2, -0.15) is 0 Å². The number of nitrogens with one attached hydrogen (secondary N) is 1. The van der Waals surface area contributed by atoms with Crippen molar-refractivity contribution < 1.29 is 4.79 Å². The molecule has 2 fully saturated rings. The molecule has 112 valence electrons. The SMILES string of the molecule is CC(CC(=O)N1CCC2(CCNC2)C1)C(C)(C)C.Cl. The van der Waals surface area contributed by atoms with Crippen molar-refractivity contribution in [3.63, 3.8) is 0 Å². The summed E-state index contributed by atoms with van der Waals surface area (Å²) in [6.07, 6.45) is 3.13. The summed E-state index contributed by atoms with van der Waals surface area (Å²) < 4.78 is 0. The molecule has 0 aliphatic carbocycles. The van der Waals surface area contributed by atoms with Gasteiger partial charge in [-0.1, -0.05) is 27.7 Å². The number of rotatable bonds is 2. The lowest BCUT2D eigenvalue weighted by atomic mass is 9.80. The Kier molecular flexibility index (Phi) is 5.30. The third kappa shape index (κ3) is 3.85. The second-order valence-electron chi connectivity index (χ2n) is 7.46. The molecule has 0 aromatic carbocycles. The van der Waals surface area contributed by atoms with Crippen molar-refractivity contribution >= 4 is 18.3 Å². The molecule has 2 aliphatic heterocycles. The predicted octanol–water partition coefficient (Wildman–Crippen LogP) is 2.69. The number of carbonyl (C=O) groups excluding carboxylic acids is 1. The van der Waals surface area contributed by atoms with Gasteiger partial charge in [0.2, 0.25) is 5.91 Å². The Balaban J connectivity index is 0.00000180. The molecule has 0 aromatic heterocycles. The van der Waals surface area contributed by atoms with Crippen molar-refractivity contribution in [1.82, 2.24) is 10.2 Å². The first-order valence-electron chi connectivity index (χ1n) is 7.31. The maximum Gasteiger partial charge on any atom is 0.222 e. The van der Waals surface area contributed by atoms with Gasteiger partial charge in [0.25, 0.3) is 0 Å². The monoisotopic (exact) mass is 288 g/mol. The largest absolute Gasteiger partial charge is 0.342 e. The molecule has 3 nitrogen and oxygen atoms in total. The molecule has 1 N–H and O–H groups in total. The summed E-state index contributed by atoms with van der Waals surface area (Å²) >= 11 is 0. The maximum absolute atomic E-state index is 12.3. The number of amides is 1. The standard InChI is InChI=1S/C15H28N2O.ClH/c1-12(14(2,3)4)9-13(18)17-8-6-15(11-17)5-7-16-10-15;/h12,16H,5-11H2,1-4H3;1H. The van der Waals surface area contributed by atoms with Crippen LogP contribution in [-0.2, 0) is 4.79 Å². The van der Waals surface area contributed by atoms with E-state index in [2.05, 4.69) is 37.9 Å². The molecule has 0 saturated carbocycles. The fourth-order valence-electron chi connectivity index (χ4n) is 2.99. The Morgan fingerprint density at radius 3 is 2.58 bits per heavy atom. The van der Waals surface area contributed by atoms with Crippen LogP contribution >= 0.6 is 12.4 Å². The van der Waals surface area contributed by atoms with E-state index in [1.165, 1.54) is 12.8 Å². The van der Waals surface area contributed by atoms with Crippen molar-refractivity contribution in [3.8, 4) is 0 Å². The van der Waals surface area contributed by atoms with E-state index < -0.39 is 0 Å². The average Bonchev–Trinajstić information content (AvgIpc) is 2.88. The Morgan fingerprint density at radius 2 is 2.05 bits per heavy atom. The molecule has 2 heterocycles. The van der Waals surface area contributed by atoms with Crippen molar-refractivity contribution in [2.45, 2.75) is 47.0 Å². The summed E-state index contributed by atoms with van der Waals surface area (Å²) in [7, 11) is 0. The molecule has 2 aliphatic rings. The predicted molar refractivity (Wildman–Crippen MR) is 81.6 cm³/mol. The molecule has 1 amide bonds. The van der Waals surface area contributed by atoms with Crippen LogP contribution in [0, 0.1) is 16.7 Å². The van der Waals surface area contributed by atoms with Crippen LogP contribution in [0.2, 0.25) is 0 Å². The minimum absolute atomic E-state index is 0. The molecule has 0 bridgehead atoms. The van der Waals surface area contributed by atoms with E-state index in [0.29, 0.717) is 23.7 Å². The number of carbonyl (C=O) groups is 1. The van der Waals surface area contributed by atoms with Gasteiger partial charge >= 0.3 is 0 Å². The molecular formula is C15H29ClN2O. The van der Waals surface area contributed by atoms with E-state index in [-0.39, 0.29) is 17.8 Å². The van der Waals surface area contributed by atoms with E-state index in [4.69, 9.17) is 0 Å². The minimum atomic E-state index is 0. The molecule has 0 aromatic rings. The number of halogens is 1. The van der Waals surface area contributed by atoms with E-state index >= 15 is 0 Å². The first-order valence-corrected chi connectivity index (χ1v) is 7.31. The Morgan fingerprint density at radius 1 is 1.37 bits per heavy atom. The van der Waals surface area contributed by atoms with Crippen molar-refractivity contribution in [3.05, 3.63) is 0 Å². The lowest BCUT2D eigenvalue weighted by molar-refractivity contribution is -0.132. The quantitative estimate of drug-likeness (QED) is 0.847. The van der Waals surface area contributed by atoms with Crippen LogP contribution in [0.1, 0.15) is 47.0 Å². The van der Waals surface area contributed by atoms with Gasteiger partial charge in [0.05, 0.1) is 0 Å². The fourth-order valence-corrected chi connectivity index (χ4v) is 2.99. The summed E-state index contributed by atoms with van der Waals surface area (Å²) in [5, 5.41) is 3.44. The first kappa shape index (κ1) is 16.8. The van der Waals surface area contributed by atoms with Crippen LogP contribution in [0.15, 0.2) is 0 Å². The molecule has 4 heteroatoms. The second-order valence-corrected chi connectivity index (χ2v) is 7.46. The third-order valence-electron chi connectivity index (χ3n) is 5.08. The summed E-state index contributed by atoms with van der Waals surface area (Å²) in [6, 6.07) is 0. The zero-order valence-corrected chi connectivity index (χ0v) is 13.6. The van der Waals surface area contributed by atoms with Crippen molar-refractivity contribution in [1.29, 1.82) is 0 Å². The zero-order chi connectivity index (χ0) is 13.4. The highest BCUT2D eigenvalue weighted by atomic mass is 35.5. The Labute approximate surface area is 123 Å². The van der Waals surface area contributed by atoms with E-state index in [9.17, 15) is 4.79 Å². The van der Waals surface area contributed by atoms with E-state index in [1.807, 2.05) is 0 Å². The lowest BCUT2D eigenvalue weighted by Gasteiger charge is -2.29. The van der Waals surface area contributed by atoms with E-state index in [0.717, 1.165) is 26.2 Å². The van der Waals surface area contributed by atoms with Crippen LogP contribution in [0.4, 0.5) is 0 Å². The van der Waals surface area contributed by atoms with Gasteiger partial charge in [-0.05, 0) is 30.7 Å². The highest BCUT2D eigenvalue weighted by molar-refractivity contribution is 5.85. The molecule has 2 rings (SSSR count). The van der Waals surface area contributed by atoms with Crippen LogP contribution in [0.25, 0.3) is 0 Å². The highest BCUT2D eigenvalue weighted by Gasteiger charge is 2.42. The maximum atomic E-state index is 12.3. The minimum Gasteiger partial charge on any atom is -0.342 e. The smallest absolute Gasteiger partial charge is 0.222 e. The highest BCUT2D eigenvalue weighted by Crippen LogP contribution is 2.37. The topological polar surface area (TPSA) is 32.3 Å². The summed E-state index contributed by atoms with van der Waals surface area (Å²) in [5.74, 6) is 0.810. The van der Waals surface area contributed by atoms with E-state index in [1.54, 1.807) is 0 Å². The summed E-state index contributed by atoms with van der Waals surface area (Å²) in [5.41, 5.74) is 0.628. The van der Waals surface area contributed by atoms with Crippen molar-refractivity contribution in [2.24, 2.45) is 16.7 Å². The first-order chi connectivity index (χ1) is 8.32. The molecule has 19 heavy (non-hydrogen) atoms. The Bertz CT molecular complexity index is 319. The summed E-state index contributed by atoms with van der Waals surface area (Å²) in [4.78, 5) is 14.5. The van der Waals surface area contributed by atoms with Gasteiger partial charge in [-0.3, -0.25) is 4.79 Å². The van der Waals surface area contributed by atoms with Crippen LogP contribution < -0.4 is 5.32 Å². The fraction of sp³-hybridized carbons (Fsp3) is 0.933. The van der Waals surface area contributed by atoms with Crippen LogP contribution in [0.5, 0.6) is 0 Å². The molecule has 2 unspecified atom stereocenters. The third-order valence-corrected chi connectivity index (χ3v) is 5.08. The zero-order valence-electron chi connectivity index (χ0n) is 12.8. The van der Waals surface area contributed by atoms with Gasteiger partial charge in [0.1, 0.15) is 0 Å². The number of hydrogen-bond donors (Lipinski definition) is 1. The van der Waals surface area contributed by atoms with Crippen molar-refractivity contribution in [2.75, 3.05) is 26.2 Å². The van der Waals surface area contributed by atoms with Gasteiger partial charge in [-0.15, -0.1) is 12.4 Å². The van der Waals surface area contributed by atoms with Gasteiger partial charge in [-0.25, -0.2) is 0 Å². The molecule has 2 saturated heterocycles. The molecular weight excluding hydrogens is 260 g/mol. The number of nitrogens with zero attached hydrogens (tertiary/aromatic N) is 1. The molecule has 0 radical (unpaired) electrons. The average molecular weight is 289 g/mol. The number of hydrogen-bond acceptors (Lipinski definition) is 2. The van der Waals surface area contributed by atoms with Crippen LogP contribution in [-0.4, -0.2) is 37.0 Å². The summed E-state index contributed by atoms with van der Waals surface area (Å²) in [6.45, 7) is 13.0. The van der Waals surface area contributed by atoms with Crippen LogP contribution in [0.3, 0.4) is 0 Å². The number of likely N-dealkylation sites (tertiary alicyclic amines) is 1. The van der Waals surface area contributed by atoms with Gasteiger partial charge < -0.3 is 10.2 Å².